The Morgan fingerprint density at radius 3 is 2.10 bits per heavy atom. The largest absolute Gasteiger partial charge is 0.369 e. The molecule has 1 rings (SSSR count). The summed E-state index contributed by atoms with van der Waals surface area (Å²) in [6.45, 7) is 13.5. The summed E-state index contributed by atoms with van der Waals surface area (Å²) in [5, 5.41) is 10.6. The third-order valence-corrected chi connectivity index (χ3v) is 2.46. The van der Waals surface area contributed by atoms with Crippen LogP contribution in [0.25, 0.3) is 0 Å². The van der Waals surface area contributed by atoms with Crippen molar-refractivity contribution in [3.8, 4) is 12.3 Å². The molecule has 1 atom stereocenters. The first-order valence-corrected chi connectivity index (χ1v) is 7.40. The van der Waals surface area contributed by atoms with Crippen LogP contribution >= 0.6 is 0 Å². The Hall–Kier alpha value is -2.04. The summed E-state index contributed by atoms with van der Waals surface area (Å²) in [5.74, 6) is 2.45. The molecule has 0 amide bonds. The number of rotatable bonds is 4. The van der Waals surface area contributed by atoms with Gasteiger partial charge in [-0.15, -0.1) is 6.42 Å². The van der Waals surface area contributed by atoms with Gasteiger partial charge in [0, 0.05) is 11.1 Å². The molecule has 1 nitrogen and oxygen atoms in total. The highest BCUT2D eigenvalue weighted by Crippen LogP contribution is 2.29. The summed E-state index contributed by atoms with van der Waals surface area (Å²) >= 11 is 0. The molecule has 0 aliphatic carbocycles. The van der Waals surface area contributed by atoms with Crippen LogP contribution in [0, 0.1) is 12.3 Å². The van der Waals surface area contributed by atoms with E-state index in [9.17, 15) is 5.11 Å². The van der Waals surface area contributed by atoms with Gasteiger partial charge in [-0.2, -0.15) is 0 Å². The fourth-order valence-electron chi connectivity index (χ4n) is 1.62. The molecule has 1 heteroatoms. The third-order valence-electron chi connectivity index (χ3n) is 2.46. The fourth-order valence-corrected chi connectivity index (χ4v) is 1.62. The van der Waals surface area contributed by atoms with E-state index >= 15 is 0 Å². The van der Waals surface area contributed by atoms with Gasteiger partial charge in [0.1, 0.15) is 0 Å². The lowest BCUT2D eigenvalue weighted by atomic mass is 9.86. The molecule has 0 aliphatic heterocycles. The van der Waals surface area contributed by atoms with Crippen molar-refractivity contribution >= 4 is 0 Å². The van der Waals surface area contributed by atoms with Crippen molar-refractivity contribution in [2.24, 2.45) is 0 Å². The van der Waals surface area contributed by atoms with Gasteiger partial charge in [-0.05, 0) is 6.92 Å². The normalized spacial score (nSPS) is 12.9. The summed E-state index contributed by atoms with van der Waals surface area (Å²) in [7, 11) is 0. The standard InChI is InChI=1S/C16H16O.2C2H6/c1-4-10-14(11-5-2)16(17,6-3)15-12-8-7-9-13-15;2*1-2/h3-5,7-13,17H,1H2,2H3;2*1-2H3/b11-5-,14-10+;;. The minimum Gasteiger partial charge on any atom is -0.369 e. The fraction of sp³-hybridized carbons (Fsp3) is 0.300. The first kappa shape index (κ1) is 21.3. The first-order chi connectivity index (χ1) is 10.2. The predicted molar refractivity (Wildman–Crippen MR) is 95.0 cm³/mol. The molecule has 0 spiro atoms. The summed E-state index contributed by atoms with van der Waals surface area (Å²) in [5.41, 5.74) is -0.112. The molecule has 1 aromatic carbocycles. The monoisotopic (exact) mass is 284 g/mol. The second kappa shape index (κ2) is 13.0. The van der Waals surface area contributed by atoms with Crippen LogP contribution in [0.4, 0.5) is 0 Å². The topological polar surface area (TPSA) is 20.2 Å². The first-order valence-electron chi connectivity index (χ1n) is 7.40. The van der Waals surface area contributed by atoms with E-state index in [1.54, 1.807) is 30.4 Å². The Kier molecular flexibility index (Phi) is 13.1. The van der Waals surface area contributed by atoms with Gasteiger partial charge in [0.15, 0.2) is 5.60 Å². The van der Waals surface area contributed by atoms with Gasteiger partial charge in [-0.25, -0.2) is 0 Å². The molecule has 114 valence electrons. The molecule has 0 bridgehead atoms. The van der Waals surface area contributed by atoms with Gasteiger partial charge < -0.3 is 5.11 Å². The molecule has 21 heavy (non-hydrogen) atoms. The van der Waals surface area contributed by atoms with E-state index in [1.807, 2.05) is 58.9 Å². The van der Waals surface area contributed by atoms with Crippen molar-refractivity contribution in [2.75, 3.05) is 0 Å². The SMILES string of the molecule is C#CC(O)(C(/C=C\C)=C/C=C)c1ccccc1.CC.CC. The number of allylic oxidation sites excluding steroid dienone is 3. The van der Waals surface area contributed by atoms with Crippen molar-refractivity contribution in [1.29, 1.82) is 0 Å². The van der Waals surface area contributed by atoms with E-state index < -0.39 is 5.60 Å². The lowest BCUT2D eigenvalue weighted by Gasteiger charge is -2.24. The van der Waals surface area contributed by atoms with Gasteiger partial charge in [0.2, 0.25) is 0 Å². The van der Waals surface area contributed by atoms with Crippen LogP contribution in [0.1, 0.15) is 40.2 Å². The minimum absolute atomic E-state index is 0.628. The van der Waals surface area contributed by atoms with Crippen molar-refractivity contribution in [3.05, 3.63) is 72.4 Å². The number of aliphatic hydroxyl groups is 1. The summed E-state index contributed by atoms with van der Waals surface area (Å²) in [4.78, 5) is 0. The Bertz CT molecular complexity index is 474. The highest BCUT2D eigenvalue weighted by Gasteiger charge is 2.29. The molecule has 1 N–H and O–H groups in total. The zero-order chi connectivity index (χ0) is 16.7. The van der Waals surface area contributed by atoms with Crippen LogP contribution in [0.2, 0.25) is 0 Å². The molecular weight excluding hydrogens is 256 g/mol. The van der Waals surface area contributed by atoms with Crippen LogP contribution in [-0.4, -0.2) is 5.11 Å². The molecule has 0 heterocycles. The lowest BCUT2D eigenvalue weighted by molar-refractivity contribution is 0.144. The van der Waals surface area contributed by atoms with E-state index in [-0.39, 0.29) is 0 Å². The number of benzene rings is 1. The van der Waals surface area contributed by atoms with Crippen molar-refractivity contribution in [1.82, 2.24) is 0 Å². The Labute approximate surface area is 130 Å². The molecule has 1 aromatic rings. The van der Waals surface area contributed by atoms with Gasteiger partial charge >= 0.3 is 0 Å². The smallest absolute Gasteiger partial charge is 0.176 e. The number of hydrogen-bond acceptors (Lipinski definition) is 1. The van der Waals surface area contributed by atoms with Crippen molar-refractivity contribution in [3.63, 3.8) is 0 Å². The molecule has 0 aliphatic rings. The van der Waals surface area contributed by atoms with Crippen LogP contribution < -0.4 is 0 Å². The minimum atomic E-state index is -1.41. The molecule has 1 unspecified atom stereocenters. The van der Waals surface area contributed by atoms with Crippen molar-refractivity contribution in [2.45, 2.75) is 40.2 Å². The average Bonchev–Trinajstić information content (AvgIpc) is 2.58. The maximum Gasteiger partial charge on any atom is 0.176 e. The maximum atomic E-state index is 10.6. The average molecular weight is 284 g/mol. The van der Waals surface area contributed by atoms with E-state index in [4.69, 9.17) is 6.42 Å². The van der Waals surface area contributed by atoms with Crippen LogP contribution in [0.15, 0.2) is 66.8 Å². The van der Waals surface area contributed by atoms with Gasteiger partial charge in [0.05, 0.1) is 0 Å². The Balaban J connectivity index is 0. The zero-order valence-corrected chi connectivity index (χ0v) is 13.9. The quantitative estimate of drug-likeness (QED) is 0.591. The second-order valence-corrected chi connectivity index (χ2v) is 3.58. The summed E-state index contributed by atoms with van der Waals surface area (Å²) in [6.07, 6.45) is 12.4. The third kappa shape index (κ3) is 6.29. The summed E-state index contributed by atoms with van der Waals surface area (Å²) < 4.78 is 0. The Morgan fingerprint density at radius 1 is 1.19 bits per heavy atom. The molecule has 0 saturated carbocycles. The lowest BCUT2D eigenvalue weighted by Crippen LogP contribution is -2.25. The predicted octanol–water partition coefficient (Wildman–Crippen LogP) is 5.25. The van der Waals surface area contributed by atoms with E-state index in [0.29, 0.717) is 11.1 Å². The van der Waals surface area contributed by atoms with Crippen LogP contribution in [-0.2, 0) is 5.60 Å². The van der Waals surface area contributed by atoms with Crippen LogP contribution in [0.3, 0.4) is 0 Å². The van der Waals surface area contributed by atoms with Gasteiger partial charge in [0.25, 0.3) is 0 Å². The van der Waals surface area contributed by atoms with E-state index in [0.717, 1.165) is 0 Å². The summed E-state index contributed by atoms with van der Waals surface area (Å²) in [6, 6.07) is 9.19. The molecule has 0 saturated heterocycles. The molecule has 0 aromatic heterocycles. The Morgan fingerprint density at radius 2 is 1.71 bits per heavy atom. The second-order valence-electron chi connectivity index (χ2n) is 3.58. The van der Waals surface area contributed by atoms with Crippen LogP contribution in [0.5, 0.6) is 0 Å². The van der Waals surface area contributed by atoms with Gasteiger partial charge in [-0.1, -0.05) is 94.8 Å². The molecule has 0 radical (unpaired) electrons. The van der Waals surface area contributed by atoms with Crippen molar-refractivity contribution < 1.29 is 5.11 Å². The maximum absolute atomic E-state index is 10.6. The number of terminal acetylenes is 1. The van der Waals surface area contributed by atoms with Gasteiger partial charge in [-0.3, -0.25) is 0 Å². The highest BCUT2D eigenvalue weighted by atomic mass is 16.3. The zero-order valence-electron chi connectivity index (χ0n) is 13.9. The number of hydrogen-bond donors (Lipinski definition) is 1. The molecular formula is C20H28O. The highest BCUT2D eigenvalue weighted by molar-refractivity contribution is 5.46. The molecule has 0 fully saturated rings. The van der Waals surface area contributed by atoms with E-state index in [2.05, 4.69) is 12.5 Å². The van der Waals surface area contributed by atoms with E-state index in [1.165, 1.54) is 0 Å².